The van der Waals surface area contributed by atoms with Crippen LogP contribution >= 0.6 is 12.4 Å². The van der Waals surface area contributed by atoms with E-state index in [0.29, 0.717) is 30.5 Å². The predicted octanol–water partition coefficient (Wildman–Crippen LogP) is 1.92. The van der Waals surface area contributed by atoms with Crippen LogP contribution in [-0.4, -0.2) is 19.9 Å². The Morgan fingerprint density at radius 1 is 1.26 bits per heavy atom. The third kappa shape index (κ3) is 4.67. The molecule has 5 N–H and O–H groups in total. The van der Waals surface area contributed by atoms with Crippen LogP contribution in [0.25, 0.3) is 0 Å². The Bertz CT molecular complexity index is 671. The fraction of sp³-hybridized carbons (Fsp3) is 0.533. The van der Waals surface area contributed by atoms with E-state index in [0.717, 1.165) is 19.3 Å². The zero-order valence-electron chi connectivity index (χ0n) is 13.2. The number of anilines is 1. The summed E-state index contributed by atoms with van der Waals surface area (Å²) in [6.07, 6.45) is 4.79. The van der Waals surface area contributed by atoms with Crippen LogP contribution in [0.1, 0.15) is 44.6 Å². The highest BCUT2D eigenvalue weighted by molar-refractivity contribution is 7.89. The Kier molecular flexibility index (Phi) is 6.59. The highest BCUT2D eigenvalue weighted by Gasteiger charge is 2.35. The number of aryl methyl sites for hydroxylation is 1. The van der Waals surface area contributed by atoms with Crippen LogP contribution in [0.3, 0.4) is 0 Å². The number of benzene rings is 1. The van der Waals surface area contributed by atoms with Gasteiger partial charge in [-0.1, -0.05) is 32.3 Å². The molecule has 0 saturated heterocycles. The molecule has 1 aliphatic carbocycles. The van der Waals surface area contributed by atoms with Crippen molar-refractivity contribution in [1.29, 1.82) is 0 Å². The Labute approximate surface area is 143 Å². The number of carbonyl (C=O) groups excluding carboxylic acids is 1. The highest BCUT2D eigenvalue weighted by Crippen LogP contribution is 2.28. The molecule has 1 fully saturated rings. The fourth-order valence-electron chi connectivity index (χ4n) is 2.85. The highest BCUT2D eigenvalue weighted by atomic mass is 35.5. The van der Waals surface area contributed by atoms with E-state index in [-0.39, 0.29) is 23.2 Å². The minimum Gasteiger partial charge on any atom is -0.324 e. The molecule has 0 aromatic heterocycles. The minimum absolute atomic E-state index is 0. The van der Waals surface area contributed by atoms with Crippen LogP contribution in [0.15, 0.2) is 23.1 Å². The molecule has 0 aliphatic heterocycles. The van der Waals surface area contributed by atoms with Gasteiger partial charge in [0.05, 0.1) is 10.4 Å². The Hall–Kier alpha value is -1.15. The molecule has 0 spiro atoms. The number of hydrogen-bond acceptors (Lipinski definition) is 4. The van der Waals surface area contributed by atoms with Crippen LogP contribution in [-0.2, 0) is 21.2 Å². The topological polar surface area (TPSA) is 115 Å². The number of sulfonamides is 1. The van der Waals surface area contributed by atoms with Crippen molar-refractivity contribution in [1.82, 2.24) is 0 Å². The molecule has 6 nitrogen and oxygen atoms in total. The van der Waals surface area contributed by atoms with Gasteiger partial charge in [0.1, 0.15) is 0 Å². The molecule has 1 saturated carbocycles. The van der Waals surface area contributed by atoms with Crippen LogP contribution < -0.4 is 16.2 Å². The van der Waals surface area contributed by atoms with Gasteiger partial charge in [0.15, 0.2) is 0 Å². The molecule has 0 unspecified atom stereocenters. The molecule has 2 rings (SSSR count). The van der Waals surface area contributed by atoms with E-state index in [1.165, 1.54) is 6.07 Å². The summed E-state index contributed by atoms with van der Waals surface area (Å²) in [5, 5.41) is 7.97. The van der Waals surface area contributed by atoms with Crippen LogP contribution in [0.5, 0.6) is 0 Å². The molecule has 0 radical (unpaired) electrons. The van der Waals surface area contributed by atoms with Crippen LogP contribution in [0, 0.1) is 0 Å². The second-order valence-corrected chi connectivity index (χ2v) is 7.42. The van der Waals surface area contributed by atoms with E-state index in [2.05, 4.69) is 5.32 Å². The Balaban J connectivity index is 0.00000264. The van der Waals surface area contributed by atoms with Crippen molar-refractivity contribution >= 4 is 34.0 Å². The number of primary sulfonamides is 1. The van der Waals surface area contributed by atoms with Gasteiger partial charge >= 0.3 is 0 Å². The van der Waals surface area contributed by atoms with Crippen molar-refractivity contribution in [3.63, 3.8) is 0 Å². The summed E-state index contributed by atoms with van der Waals surface area (Å²) in [6, 6.07) is 4.75. The monoisotopic (exact) mass is 361 g/mol. The zero-order valence-corrected chi connectivity index (χ0v) is 14.8. The van der Waals surface area contributed by atoms with Gasteiger partial charge in [0.2, 0.25) is 15.9 Å². The van der Waals surface area contributed by atoms with E-state index < -0.39 is 15.6 Å². The van der Waals surface area contributed by atoms with Gasteiger partial charge in [-0.3, -0.25) is 4.79 Å². The Morgan fingerprint density at radius 2 is 1.87 bits per heavy atom. The molecule has 1 aromatic rings. The van der Waals surface area contributed by atoms with E-state index in [4.69, 9.17) is 10.9 Å². The molecule has 130 valence electrons. The fourth-order valence-corrected chi connectivity index (χ4v) is 3.72. The first kappa shape index (κ1) is 19.9. The number of amides is 1. The summed E-state index contributed by atoms with van der Waals surface area (Å²) in [5.41, 5.74) is 6.33. The third-order valence-corrected chi connectivity index (χ3v) is 5.20. The smallest absolute Gasteiger partial charge is 0.244 e. The first-order valence-corrected chi connectivity index (χ1v) is 9.07. The van der Waals surface area contributed by atoms with E-state index in [1.807, 2.05) is 6.92 Å². The maximum absolute atomic E-state index is 12.4. The minimum atomic E-state index is -3.83. The average Bonchev–Trinajstić information content (AvgIpc) is 2.47. The number of nitrogens with two attached hydrogens (primary N) is 2. The Morgan fingerprint density at radius 3 is 2.39 bits per heavy atom. The molecular weight excluding hydrogens is 338 g/mol. The first-order chi connectivity index (χ1) is 10.3. The van der Waals surface area contributed by atoms with E-state index in [9.17, 15) is 13.2 Å². The number of hydrogen-bond donors (Lipinski definition) is 3. The maximum Gasteiger partial charge on any atom is 0.244 e. The number of rotatable bonds is 4. The largest absolute Gasteiger partial charge is 0.324 e. The van der Waals surface area contributed by atoms with Crippen LogP contribution in [0.4, 0.5) is 5.69 Å². The lowest BCUT2D eigenvalue weighted by atomic mass is 9.82. The molecule has 1 amide bonds. The summed E-state index contributed by atoms with van der Waals surface area (Å²) >= 11 is 0. The number of nitrogens with one attached hydrogen (secondary N) is 1. The molecular formula is C15H24ClN3O3S. The maximum atomic E-state index is 12.4. The molecule has 0 heterocycles. The van der Waals surface area contributed by atoms with Gasteiger partial charge in [-0.05, 0) is 37.0 Å². The van der Waals surface area contributed by atoms with E-state index >= 15 is 0 Å². The van der Waals surface area contributed by atoms with Gasteiger partial charge in [-0.2, -0.15) is 0 Å². The second-order valence-electron chi connectivity index (χ2n) is 5.89. The lowest BCUT2D eigenvalue weighted by molar-refractivity contribution is -0.122. The third-order valence-electron chi connectivity index (χ3n) is 4.21. The van der Waals surface area contributed by atoms with E-state index in [1.54, 1.807) is 12.1 Å². The van der Waals surface area contributed by atoms with Crippen molar-refractivity contribution in [2.75, 3.05) is 5.32 Å². The number of halogens is 1. The molecule has 8 heteroatoms. The molecule has 23 heavy (non-hydrogen) atoms. The van der Waals surface area contributed by atoms with Crippen molar-refractivity contribution < 1.29 is 13.2 Å². The van der Waals surface area contributed by atoms with Gasteiger partial charge in [0.25, 0.3) is 0 Å². The molecule has 1 aromatic carbocycles. The predicted molar refractivity (Wildman–Crippen MR) is 93.1 cm³/mol. The van der Waals surface area contributed by atoms with Crippen molar-refractivity contribution in [3.05, 3.63) is 23.8 Å². The lowest BCUT2D eigenvalue weighted by Crippen LogP contribution is -2.52. The molecule has 0 bridgehead atoms. The summed E-state index contributed by atoms with van der Waals surface area (Å²) < 4.78 is 23.3. The zero-order chi connectivity index (χ0) is 16.4. The summed E-state index contributed by atoms with van der Waals surface area (Å²) in [5.74, 6) is -0.267. The SMILES string of the molecule is CCc1ccc(NC(=O)C2(N)CCCCC2)cc1S(N)(=O)=O.Cl. The quantitative estimate of drug-likeness (QED) is 0.759. The van der Waals surface area contributed by atoms with Gasteiger partial charge < -0.3 is 11.1 Å². The first-order valence-electron chi connectivity index (χ1n) is 7.52. The summed E-state index contributed by atoms with van der Waals surface area (Å²) in [4.78, 5) is 12.4. The van der Waals surface area contributed by atoms with Crippen molar-refractivity contribution in [2.45, 2.75) is 55.9 Å². The lowest BCUT2D eigenvalue weighted by Gasteiger charge is -2.31. The standard InChI is InChI=1S/C15H23N3O3S.ClH/c1-2-11-6-7-12(10-13(11)22(17,20)21)18-14(19)15(16)8-4-3-5-9-15;/h6-7,10H,2-5,8-9,16H2,1H3,(H,18,19)(H2,17,20,21);1H. The second kappa shape index (κ2) is 7.61. The van der Waals surface area contributed by atoms with Crippen molar-refractivity contribution in [3.8, 4) is 0 Å². The summed E-state index contributed by atoms with van der Waals surface area (Å²) in [7, 11) is -3.83. The van der Waals surface area contributed by atoms with Crippen molar-refractivity contribution in [2.24, 2.45) is 10.9 Å². The normalized spacial score (nSPS) is 17.2. The average molecular weight is 362 g/mol. The van der Waals surface area contributed by atoms with Crippen LogP contribution in [0.2, 0.25) is 0 Å². The number of carbonyl (C=O) groups is 1. The molecule has 0 atom stereocenters. The molecule has 1 aliphatic rings. The summed E-state index contributed by atoms with van der Waals surface area (Å²) in [6.45, 7) is 1.85. The van der Waals surface area contributed by atoms with Gasteiger partial charge in [0, 0.05) is 5.69 Å². The van der Waals surface area contributed by atoms with Gasteiger partial charge in [-0.25, -0.2) is 13.6 Å². The van der Waals surface area contributed by atoms with Gasteiger partial charge in [-0.15, -0.1) is 12.4 Å².